The van der Waals surface area contributed by atoms with Crippen LogP contribution in [0.3, 0.4) is 0 Å². The van der Waals surface area contributed by atoms with Crippen molar-refractivity contribution < 1.29 is 13.2 Å². The van der Waals surface area contributed by atoms with Gasteiger partial charge in [0.05, 0.1) is 16.4 Å². The van der Waals surface area contributed by atoms with E-state index in [4.69, 9.17) is 16.3 Å². The number of halogens is 1. The number of benzene rings is 1. The predicted octanol–water partition coefficient (Wildman–Crippen LogP) is 3.33. The van der Waals surface area contributed by atoms with Crippen molar-refractivity contribution in [3.63, 3.8) is 0 Å². The third-order valence-corrected chi connectivity index (χ3v) is 5.83. The molecule has 0 N–H and O–H groups in total. The highest BCUT2D eigenvalue weighted by molar-refractivity contribution is 7.92. The Bertz CT molecular complexity index is 530. The lowest BCUT2D eigenvalue weighted by Gasteiger charge is -2.20. The van der Waals surface area contributed by atoms with Gasteiger partial charge in [0.1, 0.15) is 12.4 Å². The molecule has 0 unspecified atom stereocenters. The van der Waals surface area contributed by atoms with Crippen molar-refractivity contribution in [2.24, 2.45) is 0 Å². The second kappa shape index (κ2) is 6.14. The average Bonchev–Trinajstić information content (AvgIpc) is 2.29. The van der Waals surface area contributed by atoms with E-state index in [1.165, 1.54) is 0 Å². The summed E-state index contributed by atoms with van der Waals surface area (Å²) in [6, 6.07) is 5.71. The Morgan fingerprint density at radius 1 is 1.26 bits per heavy atom. The summed E-state index contributed by atoms with van der Waals surface area (Å²) < 4.78 is 28.8. The van der Waals surface area contributed by atoms with E-state index in [1.807, 2.05) is 25.1 Å². The van der Waals surface area contributed by atoms with E-state index in [0.717, 1.165) is 11.1 Å². The van der Waals surface area contributed by atoms with Crippen molar-refractivity contribution in [3.05, 3.63) is 29.3 Å². The summed E-state index contributed by atoms with van der Waals surface area (Å²) in [4.78, 5) is 0. The first-order valence-electron chi connectivity index (χ1n) is 6.18. The van der Waals surface area contributed by atoms with Gasteiger partial charge in [-0.2, -0.15) is 0 Å². The molecule has 19 heavy (non-hydrogen) atoms. The van der Waals surface area contributed by atoms with Gasteiger partial charge in [-0.25, -0.2) is 8.42 Å². The molecule has 0 radical (unpaired) electrons. The van der Waals surface area contributed by atoms with Gasteiger partial charge in [0.15, 0.2) is 9.84 Å². The standard InChI is InChI=1S/C14H21ClO3S/c1-11-6-5-7-12(10-15)13(11)18-8-9-19(16,17)14(2,3)4/h5-7H,8-10H2,1-4H3. The van der Waals surface area contributed by atoms with Gasteiger partial charge in [0.25, 0.3) is 0 Å². The first-order chi connectivity index (χ1) is 8.69. The second-order valence-electron chi connectivity index (χ2n) is 5.48. The highest BCUT2D eigenvalue weighted by atomic mass is 35.5. The van der Waals surface area contributed by atoms with E-state index < -0.39 is 14.6 Å². The van der Waals surface area contributed by atoms with Crippen LogP contribution >= 0.6 is 11.6 Å². The minimum absolute atomic E-state index is 0.00651. The maximum atomic E-state index is 12.0. The lowest BCUT2D eigenvalue weighted by Crippen LogP contribution is -2.32. The second-order valence-corrected chi connectivity index (χ2v) is 8.61. The van der Waals surface area contributed by atoms with Gasteiger partial charge in [-0.3, -0.25) is 0 Å². The molecule has 0 aromatic heterocycles. The Labute approximate surface area is 120 Å². The largest absolute Gasteiger partial charge is 0.492 e. The molecule has 0 saturated carbocycles. The Balaban J connectivity index is 2.75. The molecule has 0 heterocycles. The van der Waals surface area contributed by atoms with Gasteiger partial charge >= 0.3 is 0 Å². The first-order valence-corrected chi connectivity index (χ1v) is 8.37. The fraction of sp³-hybridized carbons (Fsp3) is 0.571. The Morgan fingerprint density at radius 3 is 2.42 bits per heavy atom. The molecule has 0 spiro atoms. The number of rotatable bonds is 5. The van der Waals surface area contributed by atoms with Crippen molar-refractivity contribution in [2.75, 3.05) is 12.4 Å². The van der Waals surface area contributed by atoms with Gasteiger partial charge in [-0.05, 0) is 33.3 Å². The van der Waals surface area contributed by atoms with Gasteiger partial charge < -0.3 is 4.74 Å². The number of ether oxygens (including phenoxy) is 1. The number of alkyl halides is 1. The molecule has 1 aromatic rings. The summed E-state index contributed by atoms with van der Waals surface area (Å²) in [5.74, 6) is 1.05. The third kappa shape index (κ3) is 4.11. The van der Waals surface area contributed by atoms with Crippen LogP contribution in [0.1, 0.15) is 31.9 Å². The molecule has 0 amide bonds. The molecule has 1 aromatic carbocycles. The smallest absolute Gasteiger partial charge is 0.158 e. The maximum Gasteiger partial charge on any atom is 0.158 e. The Kier molecular flexibility index (Phi) is 5.27. The van der Waals surface area contributed by atoms with Crippen LogP contribution in [0.2, 0.25) is 0 Å². The van der Waals surface area contributed by atoms with E-state index >= 15 is 0 Å². The molecule has 1 rings (SSSR count). The Hall–Kier alpha value is -0.740. The van der Waals surface area contributed by atoms with Crippen molar-refractivity contribution in [1.82, 2.24) is 0 Å². The minimum Gasteiger partial charge on any atom is -0.492 e. The molecule has 108 valence electrons. The fourth-order valence-electron chi connectivity index (χ4n) is 1.58. The van der Waals surface area contributed by atoms with Crippen LogP contribution in [0.5, 0.6) is 5.75 Å². The molecular weight excluding hydrogens is 284 g/mol. The normalized spacial score (nSPS) is 12.5. The predicted molar refractivity (Wildman–Crippen MR) is 79.8 cm³/mol. The summed E-state index contributed by atoms with van der Waals surface area (Å²) >= 11 is 5.85. The van der Waals surface area contributed by atoms with Crippen molar-refractivity contribution in [2.45, 2.75) is 38.3 Å². The van der Waals surface area contributed by atoms with E-state index in [0.29, 0.717) is 11.6 Å². The average molecular weight is 305 g/mol. The first kappa shape index (κ1) is 16.3. The number of hydrogen-bond donors (Lipinski definition) is 0. The number of aryl methyl sites for hydroxylation is 1. The zero-order chi connectivity index (χ0) is 14.7. The molecule has 0 aliphatic heterocycles. The summed E-state index contributed by atoms with van der Waals surface area (Å²) in [5.41, 5.74) is 1.85. The fourth-order valence-corrected chi connectivity index (χ4v) is 2.71. The molecule has 5 heteroatoms. The van der Waals surface area contributed by atoms with Crippen LogP contribution in [-0.4, -0.2) is 25.5 Å². The quantitative estimate of drug-likeness (QED) is 0.784. The molecular formula is C14H21ClO3S. The highest BCUT2D eigenvalue weighted by Crippen LogP contribution is 2.25. The molecule has 0 fully saturated rings. The van der Waals surface area contributed by atoms with Gasteiger partial charge in [-0.15, -0.1) is 11.6 Å². The van der Waals surface area contributed by atoms with E-state index in [-0.39, 0.29) is 12.4 Å². The molecule has 0 atom stereocenters. The van der Waals surface area contributed by atoms with Crippen molar-refractivity contribution in [1.29, 1.82) is 0 Å². The molecule has 3 nitrogen and oxygen atoms in total. The lowest BCUT2D eigenvalue weighted by molar-refractivity contribution is 0.335. The summed E-state index contributed by atoms with van der Waals surface area (Å²) in [7, 11) is -3.16. The summed E-state index contributed by atoms with van der Waals surface area (Å²) in [6.45, 7) is 7.15. The zero-order valence-electron chi connectivity index (χ0n) is 11.9. The maximum absolute atomic E-state index is 12.0. The summed E-state index contributed by atoms with van der Waals surface area (Å²) in [6.07, 6.45) is 0. The van der Waals surface area contributed by atoms with Crippen LogP contribution in [0.25, 0.3) is 0 Å². The van der Waals surface area contributed by atoms with Crippen molar-refractivity contribution in [3.8, 4) is 5.75 Å². The van der Waals surface area contributed by atoms with Crippen LogP contribution < -0.4 is 4.74 Å². The van der Waals surface area contributed by atoms with Crippen LogP contribution in [0.4, 0.5) is 0 Å². The molecule has 0 aliphatic carbocycles. The zero-order valence-corrected chi connectivity index (χ0v) is 13.4. The monoisotopic (exact) mass is 304 g/mol. The van der Waals surface area contributed by atoms with Crippen molar-refractivity contribution >= 4 is 21.4 Å². The van der Waals surface area contributed by atoms with E-state index in [2.05, 4.69) is 0 Å². The minimum atomic E-state index is -3.16. The van der Waals surface area contributed by atoms with E-state index in [1.54, 1.807) is 20.8 Å². The van der Waals surface area contributed by atoms with Crippen LogP contribution in [0, 0.1) is 6.92 Å². The lowest BCUT2D eigenvalue weighted by atomic mass is 10.1. The van der Waals surface area contributed by atoms with Crippen LogP contribution in [-0.2, 0) is 15.7 Å². The molecule has 0 saturated heterocycles. The van der Waals surface area contributed by atoms with Crippen LogP contribution in [0.15, 0.2) is 18.2 Å². The number of sulfone groups is 1. The SMILES string of the molecule is Cc1cccc(CCl)c1OCCS(=O)(=O)C(C)(C)C. The topological polar surface area (TPSA) is 43.4 Å². The highest BCUT2D eigenvalue weighted by Gasteiger charge is 2.28. The van der Waals surface area contributed by atoms with Gasteiger partial charge in [0, 0.05) is 5.56 Å². The molecule has 0 aliphatic rings. The number of hydrogen-bond acceptors (Lipinski definition) is 3. The van der Waals surface area contributed by atoms with Gasteiger partial charge in [-0.1, -0.05) is 18.2 Å². The Morgan fingerprint density at radius 2 is 1.89 bits per heavy atom. The number of para-hydroxylation sites is 1. The molecule has 0 bridgehead atoms. The third-order valence-electron chi connectivity index (χ3n) is 2.97. The van der Waals surface area contributed by atoms with E-state index in [9.17, 15) is 8.42 Å². The van der Waals surface area contributed by atoms with Gasteiger partial charge in [0.2, 0.25) is 0 Å². The summed E-state index contributed by atoms with van der Waals surface area (Å²) in [5, 5.41) is 0.